The Labute approximate surface area is 128 Å². The summed E-state index contributed by atoms with van der Waals surface area (Å²) in [6.07, 6.45) is 0. The molecular formula is C11H21N3O5S2. The number of carbonyl (C=O) groups is 2. The largest absolute Gasteiger partial charge is 0.480 e. The van der Waals surface area contributed by atoms with Crippen LogP contribution in [0.15, 0.2) is 0 Å². The van der Waals surface area contributed by atoms with Gasteiger partial charge in [-0.05, 0) is 13.0 Å². The number of carboxylic acid groups (broad SMARTS) is 1. The van der Waals surface area contributed by atoms with Crippen LogP contribution in [0, 0.1) is 5.92 Å². The minimum atomic E-state index is -3.40. The Morgan fingerprint density at radius 2 is 2.05 bits per heavy atom. The van der Waals surface area contributed by atoms with E-state index in [2.05, 4.69) is 10.0 Å². The van der Waals surface area contributed by atoms with E-state index in [-0.39, 0.29) is 23.6 Å². The first-order chi connectivity index (χ1) is 9.69. The average Bonchev–Trinajstić information content (AvgIpc) is 2.83. The van der Waals surface area contributed by atoms with Gasteiger partial charge in [-0.1, -0.05) is 13.8 Å². The molecule has 2 unspecified atom stereocenters. The molecule has 0 aromatic carbocycles. The van der Waals surface area contributed by atoms with Crippen molar-refractivity contribution in [1.29, 1.82) is 0 Å². The Morgan fingerprint density at radius 3 is 2.52 bits per heavy atom. The second kappa shape index (κ2) is 7.32. The second-order valence-corrected chi connectivity index (χ2v) is 8.18. The molecule has 1 heterocycles. The molecule has 10 heteroatoms. The lowest BCUT2D eigenvalue weighted by atomic mass is 10.2. The lowest BCUT2D eigenvalue weighted by Crippen LogP contribution is -2.52. The Balaban J connectivity index is 2.69. The zero-order chi connectivity index (χ0) is 16.2. The van der Waals surface area contributed by atoms with Crippen LogP contribution in [0.4, 0.5) is 4.79 Å². The van der Waals surface area contributed by atoms with Crippen molar-refractivity contribution in [3.05, 3.63) is 0 Å². The molecule has 0 spiro atoms. The minimum absolute atomic E-state index is 0.0691. The van der Waals surface area contributed by atoms with Gasteiger partial charge >= 0.3 is 12.0 Å². The first kappa shape index (κ1) is 18.1. The lowest BCUT2D eigenvalue weighted by molar-refractivity contribution is -0.141. The average molecular weight is 339 g/mol. The van der Waals surface area contributed by atoms with Gasteiger partial charge in [-0.3, -0.25) is 4.90 Å². The summed E-state index contributed by atoms with van der Waals surface area (Å²) >= 11 is 1.42. The van der Waals surface area contributed by atoms with Crippen molar-refractivity contribution >= 4 is 33.8 Å². The summed E-state index contributed by atoms with van der Waals surface area (Å²) in [5.41, 5.74) is 0. The number of rotatable bonds is 6. The molecule has 1 fully saturated rings. The fourth-order valence-corrected chi connectivity index (χ4v) is 4.02. The molecule has 0 saturated carbocycles. The maximum Gasteiger partial charge on any atom is 0.327 e. The van der Waals surface area contributed by atoms with Gasteiger partial charge < -0.3 is 10.4 Å². The molecule has 1 saturated heterocycles. The molecule has 0 aromatic heterocycles. The van der Waals surface area contributed by atoms with Crippen LogP contribution in [-0.2, 0) is 14.8 Å². The molecule has 2 amide bonds. The van der Waals surface area contributed by atoms with E-state index < -0.39 is 28.1 Å². The quantitative estimate of drug-likeness (QED) is 0.613. The number of carboxylic acids is 1. The Bertz CT molecular complexity index is 494. The summed E-state index contributed by atoms with van der Waals surface area (Å²) in [5, 5.41) is 11.4. The minimum Gasteiger partial charge on any atom is -0.480 e. The Kier molecular flexibility index (Phi) is 6.29. The zero-order valence-electron chi connectivity index (χ0n) is 12.2. The molecule has 8 nitrogen and oxygen atoms in total. The summed E-state index contributed by atoms with van der Waals surface area (Å²) in [4.78, 5) is 24.7. The van der Waals surface area contributed by atoms with Gasteiger partial charge in [0, 0.05) is 12.3 Å². The molecular weight excluding hydrogens is 318 g/mol. The maximum atomic E-state index is 12.2. The fourth-order valence-electron chi connectivity index (χ4n) is 1.97. The molecule has 0 aliphatic carbocycles. The van der Waals surface area contributed by atoms with E-state index in [0.717, 1.165) is 0 Å². The van der Waals surface area contributed by atoms with Crippen molar-refractivity contribution in [2.75, 3.05) is 25.1 Å². The molecule has 122 valence electrons. The fraction of sp³-hybridized carbons (Fsp3) is 0.818. The first-order valence-electron chi connectivity index (χ1n) is 6.51. The number of nitrogens with zero attached hydrogens (tertiary/aromatic N) is 1. The van der Waals surface area contributed by atoms with E-state index in [1.54, 1.807) is 0 Å². The lowest BCUT2D eigenvalue weighted by Gasteiger charge is -2.29. The number of hydrogen-bond donors (Lipinski definition) is 3. The SMILES string of the molecule is CNS(=O)(=O)CCNC(=O)N1C(C(=O)O)CSC1C(C)C. The van der Waals surface area contributed by atoms with Crippen LogP contribution >= 0.6 is 11.8 Å². The molecule has 0 radical (unpaired) electrons. The van der Waals surface area contributed by atoms with Crippen molar-refractivity contribution in [2.45, 2.75) is 25.3 Å². The van der Waals surface area contributed by atoms with Gasteiger partial charge in [0.2, 0.25) is 10.0 Å². The van der Waals surface area contributed by atoms with E-state index >= 15 is 0 Å². The van der Waals surface area contributed by atoms with Gasteiger partial charge in [-0.2, -0.15) is 0 Å². The molecule has 1 rings (SSSR count). The van der Waals surface area contributed by atoms with Crippen LogP contribution in [0.5, 0.6) is 0 Å². The number of thioether (sulfide) groups is 1. The van der Waals surface area contributed by atoms with E-state index in [4.69, 9.17) is 0 Å². The highest BCUT2D eigenvalue weighted by Crippen LogP contribution is 2.33. The van der Waals surface area contributed by atoms with Crippen LogP contribution in [0.25, 0.3) is 0 Å². The van der Waals surface area contributed by atoms with Gasteiger partial charge in [0.25, 0.3) is 0 Å². The standard InChI is InChI=1S/C11H21N3O5S2/c1-7(2)9-14(8(6-20-9)10(15)16)11(17)13-4-5-21(18,19)12-3/h7-9,12H,4-6H2,1-3H3,(H,13,17)(H,15,16). The third kappa shape index (κ3) is 4.75. The number of aliphatic carboxylic acids is 1. The third-order valence-electron chi connectivity index (χ3n) is 3.08. The summed E-state index contributed by atoms with van der Waals surface area (Å²) in [7, 11) is -2.11. The smallest absolute Gasteiger partial charge is 0.327 e. The summed E-state index contributed by atoms with van der Waals surface area (Å²) < 4.78 is 24.7. The molecule has 21 heavy (non-hydrogen) atoms. The van der Waals surface area contributed by atoms with E-state index in [0.29, 0.717) is 5.75 Å². The summed E-state index contributed by atoms with van der Waals surface area (Å²) in [6, 6.07) is -1.43. The number of nitrogens with one attached hydrogen (secondary N) is 2. The highest BCUT2D eigenvalue weighted by Gasteiger charge is 2.42. The summed E-state index contributed by atoms with van der Waals surface area (Å²) in [6.45, 7) is 3.75. The van der Waals surface area contributed by atoms with E-state index in [1.807, 2.05) is 13.8 Å². The van der Waals surface area contributed by atoms with E-state index in [1.165, 1.54) is 23.7 Å². The second-order valence-electron chi connectivity index (χ2n) is 4.98. The third-order valence-corrected chi connectivity index (χ3v) is 6.07. The van der Waals surface area contributed by atoms with Gasteiger partial charge in [0.05, 0.1) is 11.1 Å². The number of sulfonamides is 1. The number of carbonyl (C=O) groups excluding carboxylic acids is 1. The topological polar surface area (TPSA) is 116 Å². The van der Waals surface area contributed by atoms with Crippen molar-refractivity contribution in [3.63, 3.8) is 0 Å². The number of urea groups is 1. The number of amides is 2. The Morgan fingerprint density at radius 1 is 1.43 bits per heavy atom. The van der Waals surface area contributed by atoms with Crippen LogP contribution in [0.1, 0.15) is 13.8 Å². The predicted octanol–water partition coefficient (Wildman–Crippen LogP) is -0.271. The van der Waals surface area contributed by atoms with Gasteiger partial charge in [0.1, 0.15) is 6.04 Å². The molecule has 0 aromatic rings. The van der Waals surface area contributed by atoms with E-state index in [9.17, 15) is 23.1 Å². The van der Waals surface area contributed by atoms with Crippen LogP contribution in [0.2, 0.25) is 0 Å². The zero-order valence-corrected chi connectivity index (χ0v) is 13.8. The molecule has 1 aliphatic heterocycles. The number of hydrogen-bond acceptors (Lipinski definition) is 5. The maximum absolute atomic E-state index is 12.2. The van der Waals surface area contributed by atoms with Gasteiger partial charge in [-0.15, -0.1) is 11.8 Å². The predicted molar refractivity (Wildman–Crippen MR) is 80.6 cm³/mol. The van der Waals surface area contributed by atoms with Crippen LogP contribution in [0.3, 0.4) is 0 Å². The monoisotopic (exact) mass is 339 g/mol. The molecule has 0 bridgehead atoms. The van der Waals surface area contributed by atoms with Crippen molar-refractivity contribution in [1.82, 2.24) is 14.9 Å². The molecule has 2 atom stereocenters. The van der Waals surface area contributed by atoms with Crippen molar-refractivity contribution < 1.29 is 23.1 Å². The normalized spacial score (nSPS) is 22.6. The van der Waals surface area contributed by atoms with Crippen molar-refractivity contribution in [3.8, 4) is 0 Å². The first-order valence-corrected chi connectivity index (χ1v) is 9.21. The molecule has 1 aliphatic rings. The molecule has 3 N–H and O–H groups in total. The van der Waals surface area contributed by atoms with Gasteiger partial charge in [-0.25, -0.2) is 22.7 Å². The van der Waals surface area contributed by atoms with Gasteiger partial charge in [0.15, 0.2) is 0 Å². The van der Waals surface area contributed by atoms with Crippen LogP contribution < -0.4 is 10.0 Å². The summed E-state index contributed by atoms with van der Waals surface area (Å²) in [5.74, 6) is -0.865. The van der Waals surface area contributed by atoms with Crippen molar-refractivity contribution in [2.24, 2.45) is 5.92 Å². The highest BCUT2D eigenvalue weighted by molar-refractivity contribution is 8.00. The Hall–Kier alpha value is -1.00. The highest BCUT2D eigenvalue weighted by atomic mass is 32.2. The van der Waals surface area contributed by atoms with Crippen LogP contribution in [-0.4, -0.2) is 66.9 Å².